The fourth-order valence-corrected chi connectivity index (χ4v) is 0.948. The Morgan fingerprint density at radius 2 is 2.08 bits per heavy atom. The van der Waals surface area contributed by atoms with Crippen molar-refractivity contribution in [1.29, 1.82) is 0 Å². The Labute approximate surface area is 86.5 Å². The molecule has 0 aliphatic heterocycles. The van der Waals surface area contributed by atoms with Gasteiger partial charge in [-0.15, -0.1) is 0 Å². The lowest BCUT2D eigenvalue weighted by atomic mass is 10.4. The molecular formula is C6H9Cl3NO2. The Bertz CT molecular complexity index is 148. The predicted octanol–water partition coefficient (Wildman–Crippen LogP) is 1.72. The quantitative estimate of drug-likeness (QED) is 0.547. The maximum atomic E-state index is 10.2. The molecule has 71 valence electrons. The second-order valence-corrected chi connectivity index (χ2v) is 4.68. The Morgan fingerprint density at radius 1 is 1.58 bits per heavy atom. The van der Waals surface area contributed by atoms with Crippen LogP contribution in [0, 0.1) is 0 Å². The van der Waals surface area contributed by atoms with Crippen LogP contribution < -0.4 is 0 Å². The number of alkyl halides is 3. The highest BCUT2D eigenvalue weighted by Crippen LogP contribution is 2.27. The summed E-state index contributed by atoms with van der Waals surface area (Å²) in [5.41, 5.74) is 0. The van der Waals surface area contributed by atoms with E-state index in [9.17, 15) is 4.79 Å². The number of rotatable bonds is 4. The fraction of sp³-hybridized carbons (Fsp3) is 0.833. The molecule has 0 aliphatic carbocycles. The maximum absolute atomic E-state index is 10.2. The molecule has 0 aromatic carbocycles. The van der Waals surface area contributed by atoms with Gasteiger partial charge in [0.25, 0.3) is 0 Å². The van der Waals surface area contributed by atoms with E-state index in [2.05, 4.69) is 0 Å². The van der Waals surface area contributed by atoms with Crippen LogP contribution in [0.3, 0.4) is 0 Å². The molecular weight excluding hydrogens is 224 g/mol. The first-order valence-corrected chi connectivity index (χ1v) is 4.29. The monoisotopic (exact) mass is 232 g/mol. The number of hydrogen-bond donors (Lipinski definition) is 0. The largest absolute Gasteiger partial charge is 0.301 e. The van der Waals surface area contributed by atoms with Gasteiger partial charge in [-0.3, -0.25) is 4.79 Å². The summed E-state index contributed by atoms with van der Waals surface area (Å²) in [7, 11) is 1.39. The van der Waals surface area contributed by atoms with Crippen molar-refractivity contribution >= 4 is 41.1 Å². The zero-order chi connectivity index (χ0) is 9.78. The normalized spacial score (nSPS) is 14.8. The van der Waals surface area contributed by atoms with Gasteiger partial charge >= 0.3 is 0 Å². The fourth-order valence-electron chi connectivity index (χ4n) is 0.595. The zero-order valence-corrected chi connectivity index (χ0v) is 8.95. The van der Waals surface area contributed by atoms with Gasteiger partial charge in [0.2, 0.25) is 10.1 Å². The highest BCUT2D eigenvalue weighted by molar-refractivity contribution is 6.67. The van der Waals surface area contributed by atoms with Crippen molar-refractivity contribution in [1.82, 2.24) is 5.06 Å². The van der Waals surface area contributed by atoms with Gasteiger partial charge in [0.15, 0.2) is 0 Å². The van der Waals surface area contributed by atoms with Gasteiger partial charge in [-0.2, -0.15) is 5.06 Å². The average Bonchev–Trinajstić information content (AvgIpc) is 1.97. The van der Waals surface area contributed by atoms with E-state index >= 15 is 0 Å². The van der Waals surface area contributed by atoms with E-state index in [1.807, 2.05) is 0 Å². The Kier molecular flexibility index (Phi) is 5.45. The van der Waals surface area contributed by atoms with E-state index in [1.165, 1.54) is 12.2 Å². The summed E-state index contributed by atoms with van der Waals surface area (Å²) in [6.07, 6.45) is 1.71. The molecule has 12 heavy (non-hydrogen) atoms. The first-order valence-electron chi connectivity index (χ1n) is 3.16. The zero-order valence-electron chi connectivity index (χ0n) is 6.68. The van der Waals surface area contributed by atoms with Crippen LogP contribution in [-0.2, 0) is 9.63 Å². The minimum atomic E-state index is -1.46. The van der Waals surface area contributed by atoms with E-state index in [4.69, 9.17) is 39.6 Å². The predicted molar refractivity (Wildman–Crippen MR) is 49.2 cm³/mol. The summed E-state index contributed by atoms with van der Waals surface area (Å²) in [5.74, 6) is 0. The molecule has 0 spiro atoms. The standard InChI is InChI=1S/C6H9Cl3NO2/c1-5(3-11)10(12-2)4-6(7,8)9/h5H,4H2,1-2H3/t5-/m0/s1. The highest BCUT2D eigenvalue weighted by Gasteiger charge is 2.27. The van der Waals surface area contributed by atoms with Crippen LogP contribution in [0.25, 0.3) is 0 Å². The van der Waals surface area contributed by atoms with Crippen molar-refractivity contribution in [3.8, 4) is 0 Å². The molecule has 0 fully saturated rings. The van der Waals surface area contributed by atoms with E-state index in [0.717, 1.165) is 0 Å². The molecule has 6 heteroatoms. The summed E-state index contributed by atoms with van der Waals surface area (Å²) in [6.45, 7) is 1.61. The molecule has 0 aromatic rings. The molecule has 0 saturated carbocycles. The molecule has 0 aliphatic rings. The van der Waals surface area contributed by atoms with Crippen molar-refractivity contribution in [2.24, 2.45) is 0 Å². The van der Waals surface area contributed by atoms with E-state index in [1.54, 1.807) is 13.2 Å². The van der Waals surface area contributed by atoms with E-state index in [-0.39, 0.29) is 6.54 Å². The molecule has 1 radical (unpaired) electrons. The Morgan fingerprint density at radius 3 is 2.33 bits per heavy atom. The van der Waals surface area contributed by atoms with Gasteiger partial charge in [-0.05, 0) is 6.92 Å². The smallest absolute Gasteiger partial charge is 0.219 e. The molecule has 1 atom stereocenters. The van der Waals surface area contributed by atoms with Gasteiger partial charge in [0, 0.05) is 0 Å². The summed E-state index contributed by atoms with van der Waals surface area (Å²) >= 11 is 16.5. The van der Waals surface area contributed by atoms with Gasteiger partial charge < -0.3 is 4.84 Å². The molecule has 0 aromatic heterocycles. The highest BCUT2D eigenvalue weighted by atomic mass is 35.6. The van der Waals surface area contributed by atoms with Gasteiger partial charge in [0.05, 0.1) is 19.7 Å². The molecule has 0 unspecified atom stereocenters. The van der Waals surface area contributed by atoms with Crippen LogP contribution in [0.2, 0.25) is 0 Å². The first-order chi connectivity index (χ1) is 5.40. The molecule has 0 N–H and O–H groups in total. The minimum Gasteiger partial charge on any atom is -0.301 e. The number of carbonyl (C=O) groups excluding carboxylic acids is 1. The average molecular weight is 234 g/mol. The van der Waals surface area contributed by atoms with Crippen molar-refractivity contribution in [3.63, 3.8) is 0 Å². The minimum absolute atomic E-state index is 0.0184. The number of hydroxylamine groups is 2. The molecule has 3 nitrogen and oxygen atoms in total. The summed E-state index contributed by atoms with van der Waals surface area (Å²) in [5, 5.41) is 1.24. The third kappa shape index (κ3) is 5.17. The maximum Gasteiger partial charge on any atom is 0.219 e. The number of halogens is 3. The third-order valence-corrected chi connectivity index (χ3v) is 1.53. The summed E-state index contributed by atoms with van der Waals surface area (Å²) < 4.78 is -1.46. The molecule has 0 heterocycles. The van der Waals surface area contributed by atoms with Crippen LogP contribution in [0.15, 0.2) is 0 Å². The summed E-state index contributed by atoms with van der Waals surface area (Å²) in [6, 6.07) is -0.550. The molecule has 0 amide bonds. The van der Waals surface area contributed by atoms with Crippen molar-refractivity contribution in [3.05, 3.63) is 0 Å². The van der Waals surface area contributed by atoms with Crippen LogP contribution in [0.5, 0.6) is 0 Å². The van der Waals surface area contributed by atoms with Gasteiger partial charge in [0.1, 0.15) is 0 Å². The van der Waals surface area contributed by atoms with Crippen LogP contribution in [0.1, 0.15) is 6.92 Å². The van der Waals surface area contributed by atoms with Crippen LogP contribution in [-0.4, -0.2) is 34.8 Å². The van der Waals surface area contributed by atoms with Crippen molar-refractivity contribution < 1.29 is 9.63 Å². The van der Waals surface area contributed by atoms with E-state index < -0.39 is 9.83 Å². The topological polar surface area (TPSA) is 29.5 Å². The Balaban J connectivity index is 4.08. The number of nitrogens with zero attached hydrogens (tertiary/aromatic N) is 1. The molecule has 0 bridgehead atoms. The SMILES string of the molecule is CON(CC(Cl)(Cl)Cl)[C@@H](C)[C]=O. The first kappa shape index (κ1) is 12.5. The van der Waals surface area contributed by atoms with Crippen molar-refractivity contribution in [2.75, 3.05) is 13.7 Å². The lowest BCUT2D eigenvalue weighted by Gasteiger charge is -2.25. The van der Waals surface area contributed by atoms with Gasteiger partial charge in [-0.1, -0.05) is 34.8 Å². The lowest BCUT2D eigenvalue weighted by molar-refractivity contribution is -0.140. The lowest BCUT2D eigenvalue weighted by Crippen LogP contribution is -2.39. The van der Waals surface area contributed by atoms with E-state index in [0.29, 0.717) is 0 Å². The number of hydrogen-bond acceptors (Lipinski definition) is 3. The molecule has 0 rings (SSSR count). The Hall–Kier alpha value is 0.460. The third-order valence-electron chi connectivity index (χ3n) is 1.17. The molecule has 0 saturated heterocycles. The van der Waals surface area contributed by atoms with Crippen LogP contribution >= 0.6 is 34.8 Å². The summed E-state index contributed by atoms with van der Waals surface area (Å²) in [4.78, 5) is 15.0. The van der Waals surface area contributed by atoms with Crippen molar-refractivity contribution in [2.45, 2.75) is 16.8 Å². The van der Waals surface area contributed by atoms with Crippen LogP contribution in [0.4, 0.5) is 0 Å². The van der Waals surface area contributed by atoms with Gasteiger partial charge in [-0.25, -0.2) is 0 Å². The second-order valence-electron chi connectivity index (χ2n) is 2.17. The second kappa shape index (κ2) is 5.25.